The molecule has 0 aliphatic carbocycles. The lowest BCUT2D eigenvalue weighted by Crippen LogP contribution is -2.42. The number of likely N-dealkylation sites (tertiary alicyclic amines) is 1. The van der Waals surface area contributed by atoms with E-state index in [9.17, 15) is 12.8 Å². The molecule has 0 aromatic heterocycles. The van der Waals surface area contributed by atoms with E-state index in [0.717, 1.165) is 0 Å². The Morgan fingerprint density at radius 1 is 1.38 bits per heavy atom. The number of hydrogen-bond acceptors (Lipinski definition) is 3. The maximum atomic E-state index is 11.9. The number of nitrogens with zero attached hydrogens (tertiary/aromatic N) is 1. The fraction of sp³-hybridized carbons (Fsp3) is 1.00. The first-order valence-electron chi connectivity index (χ1n) is 4.34. The monoisotopic (exact) mass is 210 g/mol. The third-order valence-electron chi connectivity index (χ3n) is 2.40. The Morgan fingerprint density at radius 3 is 2.31 bits per heavy atom. The first-order valence-corrected chi connectivity index (χ1v) is 5.95. The van der Waals surface area contributed by atoms with Crippen LogP contribution in [0.1, 0.15) is 12.8 Å². The van der Waals surface area contributed by atoms with Gasteiger partial charge in [-0.25, -0.2) is 17.9 Å². The van der Waals surface area contributed by atoms with E-state index in [1.165, 1.54) is 0 Å². The second-order valence-corrected chi connectivity index (χ2v) is 5.16. The highest BCUT2D eigenvalue weighted by Gasteiger charge is 2.26. The van der Waals surface area contributed by atoms with Gasteiger partial charge in [0.25, 0.3) is 0 Å². The summed E-state index contributed by atoms with van der Waals surface area (Å²) in [5.74, 6) is 0. The Kier molecular flexibility index (Phi) is 3.63. The third-order valence-corrected chi connectivity index (χ3v) is 3.80. The summed E-state index contributed by atoms with van der Waals surface area (Å²) in [7, 11) is -3.38. The van der Waals surface area contributed by atoms with Crippen LogP contribution in [0.15, 0.2) is 0 Å². The summed E-state index contributed by atoms with van der Waals surface area (Å²) in [5.41, 5.74) is 0. The Labute approximate surface area is 77.9 Å². The summed E-state index contributed by atoms with van der Waals surface area (Å²) in [6.07, 6.45) is 1.05. The minimum absolute atomic E-state index is 0.375. The zero-order valence-electron chi connectivity index (χ0n) is 7.45. The normalized spacial score (nSPS) is 22.0. The highest BCUT2D eigenvalue weighted by atomic mass is 32.2. The van der Waals surface area contributed by atoms with Crippen molar-refractivity contribution in [3.05, 3.63) is 0 Å². The number of nitrogens with two attached hydrogens (primary N) is 1. The molecule has 0 amide bonds. The van der Waals surface area contributed by atoms with Crippen LogP contribution >= 0.6 is 0 Å². The lowest BCUT2D eigenvalue weighted by molar-refractivity contribution is 0.212. The number of hydrogen-bond donors (Lipinski definition) is 1. The van der Waals surface area contributed by atoms with Crippen LogP contribution in [0.3, 0.4) is 0 Å². The van der Waals surface area contributed by atoms with Crippen LogP contribution < -0.4 is 5.14 Å². The lowest BCUT2D eigenvalue weighted by Gasteiger charge is -2.29. The molecule has 1 heterocycles. The fourth-order valence-electron chi connectivity index (χ4n) is 1.58. The zero-order chi connectivity index (χ0) is 9.90. The Morgan fingerprint density at radius 2 is 1.92 bits per heavy atom. The van der Waals surface area contributed by atoms with Gasteiger partial charge >= 0.3 is 0 Å². The van der Waals surface area contributed by atoms with Crippen LogP contribution in [-0.4, -0.2) is 44.9 Å². The molecular formula is C7H15FN2O2S. The van der Waals surface area contributed by atoms with Crippen molar-refractivity contribution in [3.8, 4) is 0 Å². The summed E-state index contributed by atoms with van der Waals surface area (Å²) >= 11 is 0. The molecule has 1 rings (SSSR count). The first-order chi connectivity index (χ1) is 6.04. The van der Waals surface area contributed by atoms with Gasteiger partial charge in [0.1, 0.15) is 6.67 Å². The number of halogens is 1. The second kappa shape index (κ2) is 4.34. The SMILES string of the molecule is NS(=O)(=O)C1CCN(CCF)CC1. The first kappa shape index (κ1) is 10.9. The van der Waals surface area contributed by atoms with E-state index < -0.39 is 15.3 Å². The molecule has 0 atom stereocenters. The van der Waals surface area contributed by atoms with E-state index in [-0.39, 0.29) is 6.67 Å². The number of piperidine rings is 1. The van der Waals surface area contributed by atoms with E-state index in [1.54, 1.807) is 0 Å². The smallest absolute Gasteiger partial charge is 0.212 e. The van der Waals surface area contributed by atoms with E-state index in [0.29, 0.717) is 32.5 Å². The molecule has 0 spiro atoms. The lowest BCUT2D eigenvalue weighted by atomic mass is 10.1. The molecule has 0 bridgehead atoms. The van der Waals surface area contributed by atoms with Gasteiger partial charge in [-0.3, -0.25) is 0 Å². The third kappa shape index (κ3) is 3.21. The van der Waals surface area contributed by atoms with Gasteiger partial charge in [0.2, 0.25) is 10.0 Å². The number of sulfonamides is 1. The summed E-state index contributed by atoms with van der Waals surface area (Å²) in [6.45, 7) is 1.29. The summed E-state index contributed by atoms with van der Waals surface area (Å²) < 4.78 is 33.8. The Hall–Kier alpha value is -0.200. The van der Waals surface area contributed by atoms with Crippen molar-refractivity contribution in [1.82, 2.24) is 4.90 Å². The highest BCUT2D eigenvalue weighted by molar-refractivity contribution is 7.89. The van der Waals surface area contributed by atoms with Gasteiger partial charge in [-0.05, 0) is 25.9 Å². The Balaban J connectivity index is 2.39. The average molecular weight is 210 g/mol. The maximum absolute atomic E-state index is 11.9. The van der Waals surface area contributed by atoms with Crippen molar-refractivity contribution >= 4 is 10.0 Å². The van der Waals surface area contributed by atoms with Crippen LogP contribution in [0.2, 0.25) is 0 Å². The van der Waals surface area contributed by atoms with Crippen molar-refractivity contribution in [2.45, 2.75) is 18.1 Å². The summed E-state index contributed by atoms with van der Waals surface area (Å²) in [4.78, 5) is 1.92. The molecule has 13 heavy (non-hydrogen) atoms. The van der Waals surface area contributed by atoms with E-state index in [2.05, 4.69) is 0 Å². The standard InChI is InChI=1S/C7H15FN2O2S/c8-3-6-10-4-1-7(2-5-10)13(9,11)12/h7H,1-6H2,(H2,9,11,12). The molecule has 2 N–H and O–H groups in total. The molecule has 0 saturated carbocycles. The fourth-order valence-corrected chi connectivity index (χ4v) is 2.45. The quantitative estimate of drug-likeness (QED) is 0.696. The molecule has 0 aromatic carbocycles. The van der Waals surface area contributed by atoms with Crippen LogP contribution in [0.4, 0.5) is 4.39 Å². The predicted molar refractivity (Wildman–Crippen MR) is 48.5 cm³/mol. The van der Waals surface area contributed by atoms with Crippen molar-refractivity contribution in [3.63, 3.8) is 0 Å². The maximum Gasteiger partial charge on any atom is 0.212 e. The van der Waals surface area contributed by atoms with Gasteiger partial charge in [0, 0.05) is 6.54 Å². The molecule has 78 valence electrons. The highest BCUT2D eigenvalue weighted by Crippen LogP contribution is 2.15. The molecule has 1 aliphatic rings. The van der Waals surface area contributed by atoms with Gasteiger partial charge in [-0.2, -0.15) is 0 Å². The molecule has 0 aromatic rings. The summed E-state index contributed by atoms with van der Waals surface area (Å²) in [5, 5.41) is 4.58. The van der Waals surface area contributed by atoms with Gasteiger partial charge in [-0.15, -0.1) is 0 Å². The minimum Gasteiger partial charge on any atom is -0.301 e. The number of alkyl halides is 1. The molecule has 1 saturated heterocycles. The Bertz CT molecular complexity index is 247. The summed E-state index contributed by atoms with van der Waals surface area (Å²) in [6, 6.07) is 0. The van der Waals surface area contributed by atoms with E-state index in [1.807, 2.05) is 4.90 Å². The molecule has 1 fully saturated rings. The second-order valence-electron chi connectivity index (χ2n) is 3.32. The van der Waals surface area contributed by atoms with Gasteiger partial charge < -0.3 is 4.90 Å². The van der Waals surface area contributed by atoms with Crippen molar-refractivity contribution in [1.29, 1.82) is 0 Å². The predicted octanol–water partition coefficient (Wildman–Crippen LogP) is -0.291. The molecule has 6 heteroatoms. The number of rotatable bonds is 3. The molecule has 0 unspecified atom stereocenters. The average Bonchev–Trinajstić information content (AvgIpc) is 2.04. The van der Waals surface area contributed by atoms with Crippen molar-refractivity contribution < 1.29 is 12.8 Å². The van der Waals surface area contributed by atoms with Crippen LogP contribution in [-0.2, 0) is 10.0 Å². The van der Waals surface area contributed by atoms with Crippen LogP contribution in [0, 0.1) is 0 Å². The topological polar surface area (TPSA) is 63.4 Å². The number of primary sulfonamides is 1. The molecule has 4 nitrogen and oxygen atoms in total. The molecular weight excluding hydrogens is 195 g/mol. The van der Waals surface area contributed by atoms with Gasteiger partial charge in [0.05, 0.1) is 5.25 Å². The molecule has 1 aliphatic heterocycles. The molecule has 0 radical (unpaired) electrons. The van der Waals surface area contributed by atoms with Gasteiger partial charge in [-0.1, -0.05) is 0 Å². The van der Waals surface area contributed by atoms with Crippen molar-refractivity contribution in [2.24, 2.45) is 5.14 Å². The van der Waals surface area contributed by atoms with Crippen LogP contribution in [0.5, 0.6) is 0 Å². The van der Waals surface area contributed by atoms with Gasteiger partial charge in [0.15, 0.2) is 0 Å². The van der Waals surface area contributed by atoms with E-state index >= 15 is 0 Å². The van der Waals surface area contributed by atoms with Crippen LogP contribution in [0.25, 0.3) is 0 Å². The largest absolute Gasteiger partial charge is 0.301 e. The van der Waals surface area contributed by atoms with E-state index in [4.69, 9.17) is 5.14 Å². The zero-order valence-corrected chi connectivity index (χ0v) is 8.26. The van der Waals surface area contributed by atoms with Crippen molar-refractivity contribution in [2.75, 3.05) is 26.3 Å². The minimum atomic E-state index is -3.38.